The van der Waals surface area contributed by atoms with E-state index in [1.165, 1.54) is 27.9 Å². The summed E-state index contributed by atoms with van der Waals surface area (Å²) in [5, 5.41) is 43.6. The van der Waals surface area contributed by atoms with Gasteiger partial charge in [-0.15, -0.1) is 0 Å². The monoisotopic (exact) mass is 1330 g/mol. The van der Waals surface area contributed by atoms with Crippen molar-refractivity contribution >= 4 is 126 Å². The Morgan fingerprint density at radius 2 is 1.02 bits per heavy atom. The first-order chi connectivity index (χ1) is 43.2. The molecule has 8 aromatic rings. The molecule has 2 N–H and O–H groups in total. The number of anilines is 5. The maximum absolute atomic E-state index is 13.8. The van der Waals surface area contributed by atoms with Crippen LogP contribution in [0.4, 0.5) is 55.1 Å². The highest BCUT2D eigenvalue weighted by atomic mass is 79.9. The lowest BCUT2D eigenvalue weighted by molar-refractivity contribution is -0.144. The minimum absolute atomic E-state index is 0.320. The van der Waals surface area contributed by atoms with Crippen LogP contribution < -0.4 is 24.9 Å². The van der Waals surface area contributed by atoms with Crippen LogP contribution in [-0.4, -0.2) is 58.9 Å². The molecule has 1 unspecified atom stereocenters. The fourth-order valence-electron chi connectivity index (χ4n) is 9.33. The van der Waals surface area contributed by atoms with E-state index >= 15 is 0 Å². The Morgan fingerprint density at radius 3 is 1.46 bits per heavy atom. The average Bonchev–Trinajstić information content (AvgIpc) is 1.56. The predicted octanol–water partition coefficient (Wildman–Crippen LogP) is 17.0. The Labute approximate surface area is 550 Å². The van der Waals surface area contributed by atoms with Gasteiger partial charge >= 0.3 is 18.0 Å². The summed E-state index contributed by atoms with van der Waals surface area (Å²) in [4.78, 5) is 76.2. The fourth-order valence-corrected chi connectivity index (χ4v) is 10.1. The van der Waals surface area contributed by atoms with E-state index in [1.807, 2.05) is 24.3 Å². The number of benzene rings is 8. The Bertz CT molecular complexity index is 4230. The van der Waals surface area contributed by atoms with Gasteiger partial charge < -0.3 is 15.2 Å². The molecule has 8 aromatic carbocycles. The molecule has 0 radical (unpaired) electrons. The van der Waals surface area contributed by atoms with Crippen molar-refractivity contribution in [2.45, 2.75) is 63.9 Å². The summed E-state index contributed by atoms with van der Waals surface area (Å²) >= 11 is 20.8. The third-order valence-electron chi connectivity index (χ3n) is 13.9. The van der Waals surface area contributed by atoms with Crippen LogP contribution >= 0.6 is 50.7 Å². The number of rotatable bonds is 9. The fraction of sp³-hybridized carbons (Fsp3) is 0.159. The molecule has 456 valence electrons. The summed E-state index contributed by atoms with van der Waals surface area (Å²) < 4.78 is 5.63. The smallest absolute Gasteiger partial charge is 0.336 e. The van der Waals surface area contributed by atoms with E-state index in [0.29, 0.717) is 77.1 Å². The van der Waals surface area contributed by atoms with Crippen LogP contribution in [0.2, 0.25) is 15.1 Å². The second-order valence-electron chi connectivity index (χ2n) is 21.1. The molecule has 2 aliphatic heterocycles. The lowest BCUT2D eigenvalue weighted by Gasteiger charge is -2.43. The van der Waals surface area contributed by atoms with E-state index in [2.05, 4.69) is 46.7 Å². The van der Waals surface area contributed by atoms with Gasteiger partial charge in [-0.05, 0) is 205 Å². The van der Waals surface area contributed by atoms with E-state index < -0.39 is 34.4 Å². The molecule has 0 aromatic heterocycles. The van der Waals surface area contributed by atoms with Gasteiger partial charge in [0.15, 0.2) is 17.1 Å². The molecule has 2 heterocycles. The molecule has 0 aliphatic carbocycles. The number of aliphatic imine (C=N–C) groups is 1. The number of aliphatic hydroxyl groups is 1. The first kappa shape index (κ1) is 69.5. The summed E-state index contributed by atoms with van der Waals surface area (Å²) in [6, 6.07) is 59.0. The summed E-state index contributed by atoms with van der Waals surface area (Å²) in [5.41, 5.74) is 1.56. The highest BCUT2D eigenvalue weighted by Crippen LogP contribution is 2.51. The second-order valence-corrected chi connectivity index (χ2v) is 23.4. The van der Waals surface area contributed by atoms with Crippen LogP contribution in [-0.2, 0) is 24.8 Å². The Kier molecular flexibility index (Phi) is 23.3. The number of methoxy groups -OCH3 is 1. The van der Waals surface area contributed by atoms with Gasteiger partial charge in [0.25, 0.3) is 5.91 Å². The van der Waals surface area contributed by atoms with Crippen molar-refractivity contribution in [3.63, 3.8) is 0 Å². The maximum Gasteiger partial charge on any atom is 0.336 e. The Morgan fingerprint density at radius 1 is 0.604 bits per heavy atom. The van der Waals surface area contributed by atoms with E-state index in [-0.39, 0.29) is 11.9 Å². The number of hydrogen-bond acceptors (Lipinski definition) is 12. The van der Waals surface area contributed by atoms with Crippen LogP contribution in [0.25, 0.3) is 9.69 Å². The van der Waals surface area contributed by atoms with Crippen LogP contribution in [0.3, 0.4) is 0 Å². The van der Waals surface area contributed by atoms with Crippen molar-refractivity contribution < 1.29 is 33.8 Å². The molecule has 2 saturated heterocycles. The van der Waals surface area contributed by atoms with Gasteiger partial charge in [-0.1, -0.05) is 87.1 Å². The van der Waals surface area contributed by atoms with E-state index in [4.69, 9.17) is 63.7 Å². The third-order valence-corrected chi connectivity index (χ3v) is 15.2. The van der Waals surface area contributed by atoms with Gasteiger partial charge in [0, 0.05) is 42.3 Å². The molecule has 0 bridgehead atoms. The molecule has 91 heavy (non-hydrogen) atoms. The van der Waals surface area contributed by atoms with Crippen molar-refractivity contribution in [2.24, 2.45) is 4.99 Å². The molecule has 22 heteroatoms. The molecule has 0 saturated carbocycles. The zero-order valence-corrected chi connectivity index (χ0v) is 53.7. The van der Waals surface area contributed by atoms with Crippen molar-refractivity contribution in [2.75, 3.05) is 32.0 Å². The van der Waals surface area contributed by atoms with Crippen molar-refractivity contribution in [3.8, 4) is 18.2 Å². The standard InChI is InChI=1S/C25H19ClN4O2.C18H14ClN3O2.C12H14N2O2.C7H4BrN.C7H4ClNO/c1-24(2)25(32,18-5-4-6-20(15-18)28-3)30(22-13-9-19(26)10-14-22)23(31)29(24)21-11-7-17(16-27)8-12-21;1-18(2)16(23)21(14-9-5-13(19)6-10-14)17(24)22(18)15-7-3-12(11-20)4-8-15;1-12(2,11(15)16-3)14-10-6-4-9(8-13)5-7-10;1-9-7-4-2-3-6(8)5-7;8-6-1-3-7(4-2-6)9-5-10/h4-15,32H,1-2H3;3-10H,1-2H3;4-7,14H,1-3H3;2-5H;1-4H. The molecular weight excluding hydrogens is 1280 g/mol. The summed E-state index contributed by atoms with van der Waals surface area (Å²) in [6.07, 6.45) is 1.44. The molecule has 0 spiro atoms. The third kappa shape index (κ3) is 16.4. The minimum Gasteiger partial charge on any atom is -0.467 e. The Balaban J connectivity index is 0.000000196. The lowest BCUT2D eigenvalue weighted by atomic mass is 9.83. The van der Waals surface area contributed by atoms with Gasteiger partial charge in [0.1, 0.15) is 11.1 Å². The van der Waals surface area contributed by atoms with Gasteiger partial charge in [-0.25, -0.2) is 33.8 Å². The first-order valence-electron chi connectivity index (χ1n) is 27.1. The molecule has 2 fully saturated rings. The molecule has 1 atom stereocenters. The van der Waals surface area contributed by atoms with Crippen LogP contribution in [0.5, 0.6) is 0 Å². The molecule has 5 amide bonds. The van der Waals surface area contributed by atoms with Crippen LogP contribution in [0.15, 0.2) is 204 Å². The first-order valence-corrected chi connectivity index (χ1v) is 29.1. The highest BCUT2D eigenvalue weighted by Gasteiger charge is 2.64. The number of amides is 5. The summed E-state index contributed by atoms with van der Waals surface area (Å²) in [6.45, 7) is 24.4. The minimum atomic E-state index is -1.81. The number of halogens is 4. The molecule has 18 nitrogen and oxygen atoms in total. The lowest BCUT2D eigenvalue weighted by Crippen LogP contribution is -2.56. The number of ether oxygens (including phenoxy) is 1. The van der Waals surface area contributed by atoms with Crippen LogP contribution in [0.1, 0.15) is 63.8 Å². The zero-order chi connectivity index (χ0) is 66.8. The number of nitriles is 3. The second kappa shape index (κ2) is 30.5. The number of nitrogens with one attached hydrogen (secondary N) is 1. The van der Waals surface area contributed by atoms with Crippen molar-refractivity contribution in [1.29, 1.82) is 15.8 Å². The highest BCUT2D eigenvalue weighted by molar-refractivity contribution is 9.10. The largest absolute Gasteiger partial charge is 0.467 e. The molecular formula is C69H55BrCl3N11O7. The molecule has 10 rings (SSSR count). The van der Waals surface area contributed by atoms with E-state index in [1.54, 1.807) is 224 Å². The summed E-state index contributed by atoms with van der Waals surface area (Å²) in [5.74, 6) is -0.656. The van der Waals surface area contributed by atoms with Crippen molar-refractivity contribution in [1.82, 2.24) is 0 Å². The number of carbonyl (C=O) groups excluding carboxylic acids is 5. The maximum atomic E-state index is 13.8. The quantitative estimate of drug-likeness (QED) is 0.0453. The summed E-state index contributed by atoms with van der Waals surface area (Å²) in [7, 11) is 1.35. The van der Waals surface area contributed by atoms with Gasteiger partial charge in [0.2, 0.25) is 6.08 Å². The number of carbonyl (C=O) groups is 4. The number of esters is 1. The predicted molar refractivity (Wildman–Crippen MR) is 356 cm³/mol. The Hall–Kier alpha value is -10.6. The van der Waals surface area contributed by atoms with Gasteiger partial charge in [-0.2, -0.15) is 20.8 Å². The number of imide groups is 1. The van der Waals surface area contributed by atoms with Crippen LogP contribution in [0, 0.1) is 47.1 Å². The van der Waals surface area contributed by atoms with Gasteiger partial charge in [0.05, 0.1) is 72.1 Å². The number of nitrogens with zero attached hydrogens (tertiary/aromatic N) is 10. The topological polar surface area (TPSA) is 232 Å². The van der Waals surface area contributed by atoms with Crippen molar-refractivity contribution in [3.05, 3.63) is 259 Å². The number of urea groups is 2. The van der Waals surface area contributed by atoms with E-state index in [0.717, 1.165) is 15.1 Å². The van der Waals surface area contributed by atoms with E-state index in [9.17, 15) is 29.1 Å². The SMILES string of the molecule is CC1(C)C(=O)N(c2ccc(Cl)cc2)C(=O)N1c1ccc(C#N)cc1.COC(=O)C(C)(C)Nc1ccc(C#N)cc1.O=C=Nc1ccc(Cl)cc1.[C-]#[N+]c1cccc(Br)c1.[C-]#[N+]c1cccc(C2(O)N(c3ccc(Cl)cc3)C(=O)N(c3ccc(C#N)cc3)C2(C)C)c1. The zero-order valence-electron chi connectivity index (χ0n) is 49.9. The number of isocyanates is 1. The number of hydrogen-bond donors (Lipinski definition) is 2. The normalized spacial score (nSPS) is 14.8. The molecule has 2 aliphatic rings. The average molecular weight is 1340 g/mol. The van der Waals surface area contributed by atoms with Gasteiger partial charge in [-0.3, -0.25) is 19.5 Å².